The molecule has 0 unspecified atom stereocenters. The van der Waals surface area contributed by atoms with Gasteiger partial charge in [0.2, 0.25) is 0 Å². The second-order valence-electron chi connectivity index (χ2n) is 5.72. The molecule has 1 aromatic heterocycles. The number of ether oxygens (including phenoxy) is 1. The average Bonchev–Trinajstić information content (AvgIpc) is 3.12. The van der Waals surface area contributed by atoms with Crippen molar-refractivity contribution in [2.75, 3.05) is 52.5 Å². The fraction of sp³-hybridized carbons (Fsp3) is 0.571. The van der Waals surface area contributed by atoms with Crippen molar-refractivity contribution in [3.8, 4) is 0 Å². The zero-order valence-corrected chi connectivity index (χ0v) is 14.3. The fourth-order valence-electron chi connectivity index (χ4n) is 2.78. The first-order valence-corrected chi connectivity index (χ1v) is 9.23. The van der Waals surface area contributed by atoms with Crippen LogP contribution in [0.4, 0.5) is 0 Å². The minimum Gasteiger partial charge on any atom is -0.478 e. The quantitative estimate of drug-likeness (QED) is 0.742. The minimum atomic E-state index is -3.56. The number of furan rings is 1. The molecule has 1 aromatic rings. The number of carboxylic acids is 1. The first kappa shape index (κ1) is 17.9. The predicted molar refractivity (Wildman–Crippen MR) is 84.5 cm³/mol. The Hall–Kier alpha value is -1.95. The molecule has 0 spiro atoms. The van der Waals surface area contributed by atoms with Gasteiger partial charge in [-0.2, -0.15) is 17.0 Å². The van der Waals surface area contributed by atoms with E-state index in [0.29, 0.717) is 26.3 Å². The Kier molecular flexibility index (Phi) is 5.08. The van der Waals surface area contributed by atoms with Gasteiger partial charge in [0.15, 0.2) is 5.76 Å². The number of nitrogens with zero attached hydrogens (tertiary/aromatic N) is 3. The van der Waals surface area contributed by atoms with Crippen molar-refractivity contribution >= 4 is 22.1 Å². The van der Waals surface area contributed by atoms with Crippen LogP contribution < -0.4 is 0 Å². The van der Waals surface area contributed by atoms with Crippen molar-refractivity contribution in [2.45, 2.75) is 0 Å². The molecule has 25 heavy (non-hydrogen) atoms. The van der Waals surface area contributed by atoms with Crippen LogP contribution in [0.5, 0.6) is 0 Å². The second-order valence-corrected chi connectivity index (χ2v) is 7.64. The molecule has 2 aliphatic heterocycles. The Balaban J connectivity index is 1.61. The highest BCUT2D eigenvalue weighted by Gasteiger charge is 2.34. The van der Waals surface area contributed by atoms with E-state index < -0.39 is 22.1 Å². The summed E-state index contributed by atoms with van der Waals surface area (Å²) in [5.41, 5.74) is -0.100. The molecular weight excluding hydrogens is 354 g/mol. The smallest absolute Gasteiger partial charge is 0.338 e. The van der Waals surface area contributed by atoms with Crippen molar-refractivity contribution in [1.82, 2.24) is 13.5 Å². The maximum absolute atomic E-state index is 12.6. The van der Waals surface area contributed by atoms with Gasteiger partial charge in [0.1, 0.15) is 6.26 Å². The van der Waals surface area contributed by atoms with Crippen LogP contribution in [-0.4, -0.2) is 91.4 Å². The highest BCUT2D eigenvalue weighted by atomic mass is 32.2. The van der Waals surface area contributed by atoms with E-state index in [0.717, 1.165) is 6.26 Å². The van der Waals surface area contributed by atoms with E-state index >= 15 is 0 Å². The summed E-state index contributed by atoms with van der Waals surface area (Å²) in [4.78, 5) is 24.6. The van der Waals surface area contributed by atoms with E-state index in [2.05, 4.69) is 0 Å². The molecule has 0 radical (unpaired) electrons. The SMILES string of the molecule is O=C(O)c1coc(C(=O)N2CCN(S(=O)(=O)N3CCOCC3)CC2)c1. The molecule has 2 fully saturated rings. The third-order valence-corrected chi connectivity index (χ3v) is 6.24. The number of morpholine rings is 1. The molecule has 138 valence electrons. The lowest BCUT2D eigenvalue weighted by atomic mass is 10.2. The van der Waals surface area contributed by atoms with Crippen molar-refractivity contribution in [3.05, 3.63) is 23.7 Å². The van der Waals surface area contributed by atoms with Crippen LogP contribution in [0, 0.1) is 0 Å². The number of carboxylic acid groups (broad SMARTS) is 1. The molecule has 11 heteroatoms. The highest BCUT2D eigenvalue weighted by molar-refractivity contribution is 7.86. The summed E-state index contributed by atoms with van der Waals surface area (Å²) >= 11 is 0. The Morgan fingerprint density at radius 3 is 2.16 bits per heavy atom. The summed E-state index contributed by atoms with van der Waals surface area (Å²) in [5.74, 6) is -1.69. The van der Waals surface area contributed by atoms with Crippen LogP contribution in [0.15, 0.2) is 16.7 Å². The summed E-state index contributed by atoms with van der Waals surface area (Å²) in [6.07, 6.45) is 1.01. The molecule has 3 rings (SSSR count). The number of carbonyl (C=O) groups is 2. The van der Waals surface area contributed by atoms with Crippen LogP contribution in [-0.2, 0) is 14.9 Å². The van der Waals surface area contributed by atoms with Crippen LogP contribution >= 0.6 is 0 Å². The standard InChI is InChI=1S/C14H19N3O7S/c18-13(12-9-11(10-24-12)14(19)20)15-1-3-16(4-2-15)25(21,22)17-5-7-23-8-6-17/h9-10H,1-8H2,(H,19,20). The zero-order valence-electron chi connectivity index (χ0n) is 13.5. The van der Waals surface area contributed by atoms with E-state index in [-0.39, 0.29) is 37.5 Å². The Labute approximate surface area is 144 Å². The van der Waals surface area contributed by atoms with Crippen molar-refractivity contribution in [2.24, 2.45) is 0 Å². The van der Waals surface area contributed by atoms with Crippen molar-refractivity contribution in [3.63, 3.8) is 0 Å². The van der Waals surface area contributed by atoms with E-state index in [1.165, 1.54) is 19.6 Å². The fourth-order valence-corrected chi connectivity index (χ4v) is 4.34. The lowest BCUT2D eigenvalue weighted by Crippen LogP contribution is -2.55. The lowest BCUT2D eigenvalue weighted by Gasteiger charge is -2.37. The number of hydrogen-bond donors (Lipinski definition) is 1. The number of piperazine rings is 1. The van der Waals surface area contributed by atoms with Gasteiger partial charge in [0.25, 0.3) is 16.1 Å². The largest absolute Gasteiger partial charge is 0.478 e. The summed E-state index contributed by atoms with van der Waals surface area (Å²) in [6, 6.07) is 1.17. The maximum Gasteiger partial charge on any atom is 0.338 e. The van der Waals surface area contributed by atoms with Gasteiger partial charge < -0.3 is 19.2 Å². The molecule has 1 amide bonds. The zero-order chi connectivity index (χ0) is 18.0. The van der Waals surface area contributed by atoms with Crippen LogP contribution in [0.25, 0.3) is 0 Å². The molecule has 10 nitrogen and oxygen atoms in total. The van der Waals surface area contributed by atoms with Gasteiger partial charge >= 0.3 is 5.97 Å². The molecule has 2 saturated heterocycles. The highest BCUT2D eigenvalue weighted by Crippen LogP contribution is 2.16. The van der Waals surface area contributed by atoms with E-state index in [1.54, 1.807) is 0 Å². The molecule has 2 aliphatic rings. The minimum absolute atomic E-state index is 0.0677. The van der Waals surface area contributed by atoms with Gasteiger partial charge in [0.05, 0.1) is 18.8 Å². The molecule has 0 bridgehead atoms. The number of aromatic carboxylic acids is 1. The van der Waals surface area contributed by atoms with Gasteiger partial charge in [-0.25, -0.2) is 4.79 Å². The first-order chi connectivity index (χ1) is 11.9. The van der Waals surface area contributed by atoms with Gasteiger partial charge in [-0.05, 0) is 0 Å². The summed E-state index contributed by atoms with van der Waals surface area (Å²) in [5, 5.41) is 8.87. The van der Waals surface area contributed by atoms with Gasteiger partial charge in [-0.15, -0.1) is 0 Å². The molecular formula is C14H19N3O7S. The lowest BCUT2D eigenvalue weighted by molar-refractivity contribution is 0.0618. The maximum atomic E-state index is 12.6. The van der Waals surface area contributed by atoms with Gasteiger partial charge in [-0.1, -0.05) is 0 Å². The Bertz CT molecular complexity index is 746. The van der Waals surface area contributed by atoms with E-state index in [4.69, 9.17) is 14.3 Å². The van der Waals surface area contributed by atoms with Crippen LogP contribution in [0.1, 0.15) is 20.9 Å². The van der Waals surface area contributed by atoms with E-state index in [9.17, 15) is 18.0 Å². The molecule has 0 aromatic carbocycles. The normalized spacial score (nSPS) is 20.6. The molecule has 1 N–H and O–H groups in total. The molecule has 0 atom stereocenters. The first-order valence-electron chi connectivity index (χ1n) is 7.83. The summed E-state index contributed by atoms with van der Waals surface area (Å²) in [7, 11) is -3.56. The number of carbonyl (C=O) groups excluding carboxylic acids is 1. The molecule has 3 heterocycles. The number of amides is 1. The molecule has 0 saturated carbocycles. The third-order valence-electron chi connectivity index (χ3n) is 4.21. The average molecular weight is 373 g/mol. The number of rotatable bonds is 4. The Morgan fingerprint density at radius 2 is 1.60 bits per heavy atom. The van der Waals surface area contributed by atoms with Crippen LogP contribution in [0.3, 0.4) is 0 Å². The van der Waals surface area contributed by atoms with Crippen molar-refractivity contribution in [1.29, 1.82) is 0 Å². The molecule has 0 aliphatic carbocycles. The monoisotopic (exact) mass is 373 g/mol. The van der Waals surface area contributed by atoms with Crippen LogP contribution in [0.2, 0.25) is 0 Å². The topological polar surface area (TPSA) is 121 Å². The van der Waals surface area contributed by atoms with Gasteiger partial charge in [0, 0.05) is 45.3 Å². The third kappa shape index (κ3) is 3.68. The van der Waals surface area contributed by atoms with Gasteiger partial charge in [-0.3, -0.25) is 4.79 Å². The van der Waals surface area contributed by atoms with E-state index in [1.807, 2.05) is 0 Å². The number of hydrogen-bond acceptors (Lipinski definition) is 6. The predicted octanol–water partition coefficient (Wildman–Crippen LogP) is -0.687. The summed E-state index contributed by atoms with van der Waals surface area (Å²) in [6.45, 7) is 2.19. The summed E-state index contributed by atoms with van der Waals surface area (Å²) < 4.78 is 38.1. The Morgan fingerprint density at radius 1 is 1.00 bits per heavy atom. The van der Waals surface area contributed by atoms with Crippen molar-refractivity contribution < 1.29 is 32.3 Å². The second kappa shape index (κ2) is 7.12.